The zero-order chi connectivity index (χ0) is 10.8. The van der Waals surface area contributed by atoms with Gasteiger partial charge in [0.1, 0.15) is 5.82 Å². The molecule has 0 amide bonds. The standard InChI is InChI=1S/C10H11BrCl2N2/c11-3-4-15(8-1-2-8)10-9(13)5-7(12)6-14-10/h5-6,8H,1-4H2. The molecule has 2 nitrogen and oxygen atoms in total. The number of halogens is 3. The molecule has 0 spiro atoms. The van der Waals surface area contributed by atoms with Crippen LogP contribution in [0.5, 0.6) is 0 Å². The zero-order valence-corrected chi connectivity index (χ0v) is 11.2. The highest BCUT2D eigenvalue weighted by Gasteiger charge is 2.30. The van der Waals surface area contributed by atoms with Gasteiger partial charge in [0, 0.05) is 24.1 Å². The summed E-state index contributed by atoms with van der Waals surface area (Å²) in [5.41, 5.74) is 0. The molecule has 1 aliphatic rings. The lowest BCUT2D eigenvalue weighted by molar-refractivity contribution is 0.816. The third kappa shape index (κ3) is 2.77. The van der Waals surface area contributed by atoms with E-state index in [9.17, 15) is 0 Å². The van der Waals surface area contributed by atoms with Gasteiger partial charge < -0.3 is 4.90 Å². The molecule has 0 aliphatic heterocycles. The Hall–Kier alpha value is 0.01000. The average Bonchev–Trinajstić information content (AvgIpc) is 2.98. The maximum absolute atomic E-state index is 6.13. The fourth-order valence-electron chi connectivity index (χ4n) is 1.56. The van der Waals surface area contributed by atoms with Crippen LogP contribution in [0.1, 0.15) is 12.8 Å². The van der Waals surface area contributed by atoms with Gasteiger partial charge in [0.2, 0.25) is 0 Å². The number of nitrogens with zero attached hydrogens (tertiary/aromatic N) is 2. The lowest BCUT2D eigenvalue weighted by atomic mass is 10.4. The molecular weight excluding hydrogens is 299 g/mol. The maximum atomic E-state index is 6.13. The van der Waals surface area contributed by atoms with Crippen molar-refractivity contribution >= 4 is 44.9 Å². The second kappa shape index (κ2) is 4.89. The Bertz CT molecular complexity index is 355. The number of hydrogen-bond donors (Lipinski definition) is 0. The second-order valence-electron chi connectivity index (χ2n) is 3.57. The minimum atomic E-state index is 0.582. The molecule has 1 saturated carbocycles. The molecule has 1 fully saturated rings. The van der Waals surface area contributed by atoms with Gasteiger partial charge in [-0.2, -0.15) is 0 Å². The van der Waals surface area contributed by atoms with Gasteiger partial charge >= 0.3 is 0 Å². The third-order valence-electron chi connectivity index (χ3n) is 2.37. The number of rotatable bonds is 4. The van der Waals surface area contributed by atoms with Gasteiger partial charge in [0.05, 0.1) is 10.0 Å². The summed E-state index contributed by atoms with van der Waals surface area (Å²) in [5, 5.41) is 2.14. The van der Waals surface area contributed by atoms with Gasteiger partial charge in [-0.25, -0.2) is 4.98 Å². The number of hydrogen-bond acceptors (Lipinski definition) is 2. The SMILES string of the molecule is Clc1cnc(N(CCBr)C2CC2)c(Cl)c1. The molecule has 0 radical (unpaired) electrons. The summed E-state index contributed by atoms with van der Waals surface area (Å²) < 4.78 is 0. The van der Waals surface area contributed by atoms with Gasteiger partial charge in [-0.1, -0.05) is 39.1 Å². The Morgan fingerprint density at radius 1 is 1.47 bits per heavy atom. The van der Waals surface area contributed by atoms with Crippen LogP contribution in [0.4, 0.5) is 5.82 Å². The predicted molar refractivity (Wildman–Crippen MR) is 68.4 cm³/mol. The quantitative estimate of drug-likeness (QED) is 0.787. The van der Waals surface area contributed by atoms with Crippen LogP contribution in [-0.2, 0) is 0 Å². The molecule has 0 bridgehead atoms. The molecule has 1 aliphatic carbocycles. The predicted octanol–water partition coefficient (Wildman–Crippen LogP) is 3.75. The van der Waals surface area contributed by atoms with Crippen molar-refractivity contribution in [2.75, 3.05) is 16.8 Å². The van der Waals surface area contributed by atoms with Crippen molar-refractivity contribution in [1.82, 2.24) is 4.98 Å². The summed E-state index contributed by atoms with van der Waals surface area (Å²) in [6, 6.07) is 2.35. The van der Waals surface area contributed by atoms with Crippen LogP contribution in [0.2, 0.25) is 10.0 Å². The van der Waals surface area contributed by atoms with Crippen molar-refractivity contribution in [2.24, 2.45) is 0 Å². The van der Waals surface area contributed by atoms with E-state index in [1.165, 1.54) is 12.8 Å². The highest BCUT2D eigenvalue weighted by atomic mass is 79.9. The minimum Gasteiger partial charge on any atom is -0.352 e. The van der Waals surface area contributed by atoms with Gasteiger partial charge in [0.15, 0.2) is 0 Å². The summed E-state index contributed by atoms with van der Waals surface area (Å²) in [7, 11) is 0. The van der Waals surface area contributed by atoms with Crippen LogP contribution < -0.4 is 4.90 Å². The normalized spacial score (nSPS) is 15.4. The molecular formula is C10H11BrCl2N2. The molecule has 0 N–H and O–H groups in total. The van der Waals surface area contributed by atoms with Crippen molar-refractivity contribution in [3.63, 3.8) is 0 Å². The first-order chi connectivity index (χ1) is 7.22. The van der Waals surface area contributed by atoms with E-state index < -0.39 is 0 Å². The summed E-state index contributed by atoms with van der Waals surface area (Å²) in [4.78, 5) is 6.54. The van der Waals surface area contributed by atoms with Crippen molar-refractivity contribution in [3.8, 4) is 0 Å². The van der Waals surface area contributed by atoms with E-state index in [1.54, 1.807) is 12.3 Å². The van der Waals surface area contributed by atoms with Crippen LogP contribution in [0.25, 0.3) is 0 Å². The number of alkyl halides is 1. The lowest BCUT2D eigenvalue weighted by Gasteiger charge is -2.23. The molecule has 5 heteroatoms. The number of pyridine rings is 1. The second-order valence-corrected chi connectivity index (χ2v) is 5.21. The molecule has 0 atom stereocenters. The van der Waals surface area contributed by atoms with Crippen LogP contribution in [0.15, 0.2) is 12.3 Å². The molecule has 0 saturated heterocycles. The van der Waals surface area contributed by atoms with Crippen LogP contribution in [0, 0.1) is 0 Å². The van der Waals surface area contributed by atoms with Crippen molar-refractivity contribution in [2.45, 2.75) is 18.9 Å². The van der Waals surface area contributed by atoms with Gasteiger partial charge in [-0.3, -0.25) is 0 Å². The van der Waals surface area contributed by atoms with Crippen LogP contribution in [-0.4, -0.2) is 22.9 Å². The van der Waals surface area contributed by atoms with E-state index in [2.05, 4.69) is 25.8 Å². The minimum absolute atomic E-state index is 0.582. The number of aromatic nitrogens is 1. The molecule has 0 unspecified atom stereocenters. The summed E-state index contributed by atoms with van der Waals surface area (Å²) in [6.45, 7) is 0.930. The Morgan fingerprint density at radius 3 is 2.73 bits per heavy atom. The number of anilines is 1. The smallest absolute Gasteiger partial charge is 0.147 e. The van der Waals surface area contributed by atoms with E-state index in [-0.39, 0.29) is 0 Å². The van der Waals surface area contributed by atoms with Crippen molar-refractivity contribution in [1.29, 1.82) is 0 Å². The molecule has 1 aromatic heterocycles. The summed E-state index contributed by atoms with van der Waals surface area (Å²) in [6.07, 6.45) is 4.10. The van der Waals surface area contributed by atoms with E-state index >= 15 is 0 Å². The molecule has 1 aromatic rings. The Morgan fingerprint density at radius 2 is 2.20 bits per heavy atom. The highest BCUT2D eigenvalue weighted by molar-refractivity contribution is 9.09. The topological polar surface area (TPSA) is 16.1 Å². The summed E-state index contributed by atoms with van der Waals surface area (Å²) >= 11 is 15.4. The molecule has 0 aromatic carbocycles. The highest BCUT2D eigenvalue weighted by Crippen LogP contribution is 2.34. The fourth-order valence-corrected chi connectivity index (χ4v) is 2.43. The van der Waals surface area contributed by atoms with Gasteiger partial charge in [-0.05, 0) is 18.9 Å². The van der Waals surface area contributed by atoms with Crippen LogP contribution in [0.3, 0.4) is 0 Å². The van der Waals surface area contributed by atoms with Crippen molar-refractivity contribution in [3.05, 3.63) is 22.3 Å². The molecule has 1 heterocycles. The Balaban J connectivity index is 2.24. The average molecular weight is 310 g/mol. The van der Waals surface area contributed by atoms with E-state index in [0.29, 0.717) is 16.1 Å². The van der Waals surface area contributed by atoms with Gasteiger partial charge in [-0.15, -0.1) is 0 Å². The Labute approximate surface area is 108 Å². The monoisotopic (exact) mass is 308 g/mol. The van der Waals surface area contributed by atoms with E-state index in [1.807, 2.05) is 0 Å². The first-order valence-electron chi connectivity index (χ1n) is 4.86. The first-order valence-corrected chi connectivity index (χ1v) is 6.73. The summed E-state index contributed by atoms with van der Waals surface area (Å²) in [5.74, 6) is 0.850. The van der Waals surface area contributed by atoms with Crippen molar-refractivity contribution < 1.29 is 0 Å². The lowest BCUT2D eigenvalue weighted by Crippen LogP contribution is -2.28. The maximum Gasteiger partial charge on any atom is 0.147 e. The first kappa shape index (κ1) is 11.5. The fraction of sp³-hybridized carbons (Fsp3) is 0.500. The molecule has 15 heavy (non-hydrogen) atoms. The van der Waals surface area contributed by atoms with E-state index in [4.69, 9.17) is 23.2 Å². The zero-order valence-electron chi connectivity index (χ0n) is 8.09. The largest absolute Gasteiger partial charge is 0.352 e. The third-order valence-corrected chi connectivity index (χ3v) is 3.21. The van der Waals surface area contributed by atoms with Crippen LogP contribution >= 0.6 is 39.1 Å². The Kier molecular flexibility index (Phi) is 3.75. The van der Waals surface area contributed by atoms with Gasteiger partial charge in [0.25, 0.3) is 0 Å². The van der Waals surface area contributed by atoms with E-state index in [0.717, 1.165) is 17.7 Å². The molecule has 2 rings (SSSR count). The molecule has 82 valence electrons.